The Bertz CT molecular complexity index is 350. The number of rotatable bonds is 6. The molecule has 0 aliphatic heterocycles. The number of hydrogen-bond donors (Lipinski definition) is 2. The van der Waals surface area contributed by atoms with Crippen LogP contribution in [-0.2, 0) is 0 Å². The minimum Gasteiger partial charge on any atom is -0.389 e. The summed E-state index contributed by atoms with van der Waals surface area (Å²) in [6.07, 6.45) is 1.51. The Morgan fingerprint density at radius 2 is 1.88 bits per heavy atom. The van der Waals surface area contributed by atoms with Crippen LogP contribution < -0.4 is 5.32 Å². The number of aliphatic hydroxyl groups is 1. The molecule has 17 heavy (non-hydrogen) atoms. The van der Waals surface area contributed by atoms with Crippen molar-refractivity contribution in [1.82, 2.24) is 5.32 Å². The van der Waals surface area contributed by atoms with Crippen LogP contribution in [0.3, 0.4) is 0 Å². The van der Waals surface area contributed by atoms with Crippen LogP contribution in [0.1, 0.15) is 45.2 Å². The predicted octanol–water partition coefficient (Wildman–Crippen LogP) is 3.54. The van der Waals surface area contributed by atoms with Gasteiger partial charge in [-0.15, -0.1) is 0 Å². The molecule has 96 valence electrons. The van der Waals surface area contributed by atoms with Crippen LogP contribution in [0, 0.1) is 0 Å². The highest BCUT2D eigenvalue weighted by atomic mass is 35.5. The minimum absolute atomic E-state index is 0.147. The highest BCUT2D eigenvalue weighted by molar-refractivity contribution is 6.31. The maximum absolute atomic E-state index is 10.2. The van der Waals surface area contributed by atoms with Crippen molar-refractivity contribution < 1.29 is 5.11 Å². The second kappa shape index (κ2) is 6.39. The Morgan fingerprint density at radius 1 is 1.29 bits per heavy atom. The molecule has 0 aliphatic carbocycles. The first-order chi connectivity index (χ1) is 8.02. The number of nitrogens with one attached hydrogen (secondary N) is 1. The Morgan fingerprint density at radius 3 is 2.41 bits per heavy atom. The van der Waals surface area contributed by atoms with Crippen LogP contribution >= 0.6 is 11.6 Å². The molecule has 1 aromatic rings. The van der Waals surface area contributed by atoms with Crippen LogP contribution in [0.4, 0.5) is 0 Å². The first kappa shape index (κ1) is 14.5. The van der Waals surface area contributed by atoms with Crippen molar-refractivity contribution in [1.29, 1.82) is 0 Å². The van der Waals surface area contributed by atoms with Crippen LogP contribution in [0.25, 0.3) is 0 Å². The molecule has 2 nitrogen and oxygen atoms in total. The van der Waals surface area contributed by atoms with Crippen LogP contribution in [0.2, 0.25) is 5.02 Å². The van der Waals surface area contributed by atoms with Crippen molar-refractivity contribution >= 4 is 11.6 Å². The van der Waals surface area contributed by atoms with Gasteiger partial charge in [0.2, 0.25) is 0 Å². The molecule has 2 N–H and O–H groups in total. The van der Waals surface area contributed by atoms with E-state index in [9.17, 15) is 5.11 Å². The quantitative estimate of drug-likeness (QED) is 0.815. The van der Waals surface area contributed by atoms with E-state index in [0.717, 1.165) is 23.4 Å². The van der Waals surface area contributed by atoms with Crippen LogP contribution in [0.5, 0.6) is 0 Å². The average Bonchev–Trinajstić information content (AvgIpc) is 2.36. The summed E-state index contributed by atoms with van der Waals surface area (Å²) >= 11 is 6.13. The van der Waals surface area contributed by atoms with Crippen LogP contribution in [-0.4, -0.2) is 17.3 Å². The molecular weight excluding hydrogens is 234 g/mol. The highest BCUT2D eigenvalue weighted by Crippen LogP contribution is 2.23. The normalized spacial score (nSPS) is 13.7. The molecule has 0 bridgehead atoms. The smallest absolute Gasteiger partial charge is 0.0766 e. The van der Waals surface area contributed by atoms with E-state index in [1.807, 2.05) is 38.1 Å². The Hall–Kier alpha value is -0.570. The van der Waals surface area contributed by atoms with E-state index in [1.165, 1.54) is 0 Å². The zero-order valence-corrected chi connectivity index (χ0v) is 11.6. The largest absolute Gasteiger partial charge is 0.389 e. The molecule has 1 atom stereocenters. The minimum atomic E-state index is -0.616. The van der Waals surface area contributed by atoms with Gasteiger partial charge in [0.15, 0.2) is 0 Å². The lowest BCUT2D eigenvalue weighted by molar-refractivity contribution is 0.0303. The van der Waals surface area contributed by atoms with Crippen molar-refractivity contribution in [2.24, 2.45) is 0 Å². The summed E-state index contributed by atoms with van der Waals surface area (Å²) in [7, 11) is 0. The van der Waals surface area contributed by atoms with Crippen LogP contribution in [0.15, 0.2) is 24.3 Å². The zero-order valence-electron chi connectivity index (χ0n) is 10.8. The molecule has 0 amide bonds. The summed E-state index contributed by atoms with van der Waals surface area (Å²) in [5, 5.41) is 14.3. The topological polar surface area (TPSA) is 32.3 Å². The fourth-order valence-electron chi connectivity index (χ4n) is 1.78. The summed E-state index contributed by atoms with van der Waals surface area (Å²) in [5.41, 5.74) is 0.457. The molecular formula is C14H22ClNO. The maximum atomic E-state index is 10.2. The molecule has 0 unspecified atom stereocenters. The highest BCUT2D eigenvalue weighted by Gasteiger charge is 2.22. The maximum Gasteiger partial charge on any atom is 0.0766 e. The van der Waals surface area contributed by atoms with E-state index in [1.54, 1.807) is 0 Å². The molecule has 0 saturated heterocycles. The van der Waals surface area contributed by atoms with E-state index in [0.29, 0.717) is 6.54 Å². The third-order valence-corrected chi connectivity index (χ3v) is 3.77. The van der Waals surface area contributed by atoms with Gasteiger partial charge in [-0.3, -0.25) is 0 Å². The third-order valence-electron chi connectivity index (χ3n) is 3.43. The summed E-state index contributed by atoms with van der Waals surface area (Å²) in [4.78, 5) is 0. The lowest BCUT2D eigenvalue weighted by Crippen LogP contribution is -2.40. The van der Waals surface area contributed by atoms with Crippen molar-refractivity contribution in [3.05, 3.63) is 34.9 Å². The summed E-state index contributed by atoms with van der Waals surface area (Å²) in [6, 6.07) is 7.95. The third kappa shape index (κ3) is 3.98. The molecule has 1 rings (SSSR count). The summed E-state index contributed by atoms with van der Waals surface area (Å²) < 4.78 is 0. The van der Waals surface area contributed by atoms with E-state index >= 15 is 0 Å². The molecule has 1 aromatic carbocycles. The number of benzene rings is 1. The van der Waals surface area contributed by atoms with Gasteiger partial charge in [0.25, 0.3) is 0 Å². The lowest BCUT2D eigenvalue weighted by Gasteiger charge is -2.28. The van der Waals surface area contributed by atoms with Gasteiger partial charge in [-0.25, -0.2) is 0 Å². The standard InChI is InChI=1S/C14H22ClNO/c1-4-14(17,5-2)10-16-11(3)12-8-6-7-9-13(12)15/h6-9,11,16-17H,4-5,10H2,1-3H3/t11-/m0/s1. The SMILES string of the molecule is CCC(O)(CC)CN[C@@H](C)c1ccccc1Cl. The molecule has 0 fully saturated rings. The number of halogens is 1. The predicted molar refractivity (Wildman–Crippen MR) is 73.4 cm³/mol. The molecule has 0 radical (unpaired) electrons. The average molecular weight is 256 g/mol. The molecule has 0 heterocycles. The van der Waals surface area contributed by atoms with Gasteiger partial charge >= 0.3 is 0 Å². The van der Waals surface area contributed by atoms with Gasteiger partial charge < -0.3 is 10.4 Å². The van der Waals surface area contributed by atoms with E-state index < -0.39 is 5.60 Å². The van der Waals surface area contributed by atoms with Crippen molar-refractivity contribution in [3.8, 4) is 0 Å². The van der Waals surface area contributed by atoms with E-state index in [4.69, 9.17) is 11.6 Å². The van der Waals surface area contributed by atoms with Gasteiger partial charge in [-0.05, 0) is 31.4 Å². The first-order valence-corrected chi connectivity index (χ1v) is 6.60. The van der Waals surface area contributed by atoms with Gasteiger partial charge in [-0.2, -0.15) is 0 Å². The molecule has 0 aromatic heterocycles. The van der Waals surface area contributed by atoms with Crippen molar-refractivity contribution in [2.45, 2.75) is 45.3 Å². The fourth-order valence-corrected chi connectivity index (χ4v) is 2.08. The second-order valence-corrected chi connectivity index (χ2v) is 4.96. The van der Waals surface area contributed by atoms with Gasteiger partial charge in [-0.1, -0.05) is 43.6 Å². The van der Waals surface area contributed by atoms with Crippen molar-refractivity contribution in [2.75, 3.05) is 6.54 Å². The Labute approximate surface area is 109 Å². The number of hydrogen-bond acceptors (Lipinski definition) is 2. The first-order valence-electron chi connectivity index (χ1n) is 6.22. The zero-order chi connectivity index (χ0) is 12.9. The van der Waals surface area contributed by atoms with Gasteiger partial charge in [0.1, 0.15) is 0 Å². The molecule has 0 aliphatic rings. The van der Waals surface area contributed by atoms with E-state index in [2.05, 4.69) is 12.2 Å². The lowest BCUT2D eigenvalue weighted by atomic mass is 9.96. The fraction of sp³-hybridized carbons (Fsp3) is 0.571. The van der Waals surface area contributed by atoms with E-state index in [-0.39, 0.29) is 6.04 Å². The summed E-state index contributed by atoms with van der Waals surface area (Å²) in [5.74, 6) is 0. The molecule has 0 saturated carbocycles. The van der Waals surface area contributed by atoms with Gasteiger partial charge in [0, 0.05) is 17.6 Å². The molecule has 3 heteroatoms. The summed E-state index contributed by atoms with van der Waals surface area (Å²) in [6.45, 7) is 6.66. The monoisotopic (exact) mass is 255 g/mol. The Kier molecular flexibility index (Phi) is 5.44. The van der Waals surface area contributed by atoms with Crippen molar-refractivity contribution in [3.63, 3.8) is 0 Å². The second-order valence-electron chi connectivity index (χ2n) is 4.56. The Balaban J connectivity index is 2.62. The van der Waals surface area contributed by atoms with Gasteiger partial charge in [0.05, 0.1) is 5.60 Å². The molecule has 0 spiro atoms.